The van der Waals surface area contributed by atoms with Crippen molar-refractivity contribution in [3.63, 3.8) is 0 Å². The van der Waals surface area contributed by atoms with Crippen LogP contribution in [0.2, 0.25) is 0 Å². The smallest absolute Gasteiger partial charge is 0.176 e. The third-order valence-corrected chi connectivity index (χ3v) is 1.26. The average molecular weight is 155 g/mol. The Balaban J connectivity index is 0.000000360. The number of aromatic amines is 1. The van der Waals surface area contributed by atoms with Gasteiger partial charge >= 0.3 is 0 Å². The number of hydrogen-bond acceptors (Lipinski definition) is 3. The van der Waals surface area contributed by atoms with E-state index in [-0.39, 0.29) is 12.4 Å². The van der Waals surface area contributed by atoms with Gasteiger partial charge in [-0.05, 0) is 12.2 Å². The number of rotatable bonds is 0. The quantitative estimate of drug-likeness (QED) is 0.576. The molecule has 7 heavy (non-hydrogen) atoms. The van der Waals surface area contributed by atoms with Gasteiger partial charge in [0, 0.05) is 0 Å². The lowest BCUT2D eigenvalue weighted by molar-refractivity contribution is 1.08. The molecule has 5 heteroatoms. The molecule has 0 aliphatic rings. The van der Waals surface area contributed by atoms with Crippen LogP contribution in [0.5, 0.6) is 0 Å². The summed E-state index contributed by atoms with van der Waals surface area (Å²) in [7, 11) is 0. The van der Waals surface area contributed by atoms with Crippen molar-refractivity contribution < 1.29 is 0 Å². The van der Waals surface area contributed by atoms with Crippen LogP contribution in [-0.2, 0) is 0 Å². The molecule has 0 atom stereocenters. The summed E-state index contributed by atoms with van der Waals surface area (Å²) in [6.07, 6.45) is 0. The summed E-state index contributed by atoms with van der Waals surface area (Å²) in [5, 5.41) is 6.19. The van der Waals surface area contributed by atoms with Crippen molar-refractivity contribution in [2.45, 2.75) is 0 Å². The number of nitrogens with one attached hydrogen (secondary N) is 1. The highest BCUT2D eigenvalue weighted by Crippen LogP contribution is 1.88. The van der Waals surface area contributed by atoms with Gasteiger partial charge in [0.25, 0.3) is 0 Å². The van der Waals surface area contributed by atoms with Crippen LogP contribution in [0.15, 0.2) is 5.51 Å². The lowest BCUT2D eigenvalue weighted by atomic mass is 11.6. The van der Waals surface area contributed by atoms with Gasteiger partial charge in [-0.25, -0.2) is 0 Å². The maximum absolute atomic E-state index is 4.65. The molecule has 0 radical (unpaired) electrons. The Morgan fingerprint density at radius 3 is 2.71 bits per heavy atom. The molecule has 0 fully saturated rings. The molecule has 0 saturated carbocycles. The van der Waals surface area contributed by atoms with E-state index in [2.05, 4.69) is 22.4 Å². The predicted octanol–water partition coefficient (Wildman–Crippen LogP) is 1.62. The molecular weight excluding hydrogens is 152 g/mol. The van der Waals surface area contributed by atoms with Gasteiger partial charge in [0.15, 0.2) is 3.95 Å². The van der Waals surface area contributed by atoms with Gasteiger partial charge in [-0.15, -0.1) is 12.4 Å². The molecule has 1 aromatic rings. The Bertz CT molecular complexity index is 151. The fraction of sp³-hybridized carbons (Fsp3) is 0. The lowest BCUT2D eigenvalue weighted by Gasteiger charge is -1.52. The van der Waals surface area contributed by atoms with Crippen LogP contribution in [0.25, 0.3) is 0 Å². The van der Waals surface area contributed by atoms with E-state index >= 15 is 0 Å². The summed E-state index contributed by atoms with van der Waals surface area (Å²) < 4.78 is 0.731. The molecule has 0 spiro atoms. The highest BCUT2D eigenvalue weighted by Gasteiger charge is 1.68. The van der Waals surface area contributed by atoms with E-state index in [1.54, 1.807) is 5.51 Å². The second-order valence-electron chi connectivity index (χ2n) is 0.752. The van der Waals surface area contributed by atoms with Gasteiger partial charge in [-0.1, -0.05) is 11.3 Å². The van der Waals surface area contributed by atoms with Crippen molar-refractivity contribution in [3.8, 4) is 0 Å². The third-order valence-electron chi connectivity index (χ3n) is 0.368. The normalized spacial score (nSPS) is 7.43. The Labute approximate surface area is 56.0 Å². The summed E-state index contributed by atoms with van der Waals surface area (Å²) in [5.41, 5.74) is 1.67. The third kappa shape index (κ3) is 2.01. The van der Waals surface area contributed by atoms with E-state index in [1.807, 2.05) is 0 Å². The van der Waals surface area contributed by atoms with E-state index in [4.69, 9.17) is 0 Å². The first-order chi connectivity index (χ1) is 2.89. The minimum atomic E-state index is 0. The van der Waals surface area contributed by atoms with E-state index < -0.39 is 0 Å². The zero-order valence-electron chi connectivity index (χ0n) is 3.25. The zero-order chi connectivity index (χ0) is 4.41. The highest BCUT2D eigenvalue weighted by molar-refractivity contribution is 7.73. The van der Waals surface area contributed by atoms with Crippen LogP contribution in [0, 0.1) is 3.95 Å². The summed E-state index contributed by atoms with van der Waals surface area (Å²) in [5.74, 6) is 0. The minimum Gasteiger partial charge on any atom is -0.258 e. The predicted molar refractivity (Wildman–Crippen MR) is 34.5 cm³/mol. The molecule has 1 N–H and O–H groups in total. The number of aromatic nitrogens is 2. The maximum Gasteiger partial charge on any atom is 0.176 e. The van der Waals surface area contributed by atoms with Crippen molar-refractivity contribution in [1.82, 2.24) is 10.2 Å². The molecule has 0 unspecified atom stereocenters. The van der Waals surface area contributed by atoms with Crippen LogP contribution >= 0.6 is 36.0 Å². The Morgan fingerprint density at radius 2 is 2.57 bits per heavy atom. The largest absolute Gasteiger partial charge is 0.258 e. The van der Waals surface area contributed by atoms with Crippen molar-refractivity contribution in [3.05, 3.63) is 9.46 Å². The van der Waals surface area contributed by atoms with Crippen molar-refractivity contribution in [1.29, 1.82) is 0 Å². The van der Waals surface area contributed by atoms with Gasteiger partial charge < -0.3 is 0 Å². The Morgan fingerprint density at radius 1 is 1.86 bits per heavy atom. The first kappa shape index (κ1) is 7.07. The maximum atomic E-state index is 4.65. The molecule has 0 aliphatic heterocycles. The fourth-order valence-corrected chi connectivity index (χ4v) is 0.668. The van der Waals surface area contributed by atoms with Crippen molar-refractivity contribution >= 4 is 36.0 Å². The zero-order valence-corrected chi connectivity index (χ0v) is 5.70. The second kappa shape index (κ2) is 3.12. The standard InChI is InChI=1S/C2H2N2S2.ClH/c5-2-4-3-1-6-2;/h1H,(H,4,5);1H. The van der Waals surface area contributed by atoms with Crippen LogP contribution in [-0.4, -0.2) is 10.2 Å². The summed E-state index contributed by atoms with van der Waals surface area (Å²) in [6, 6.07) is 0. The van der Waals surface area contributed by atoms with Crippen molar-refractivity contribution in [2.75, 3.05) is 0 Å². The van der Waals surface area contributed by atoms with Crippen LogP contribution < -0.4 is 0 Å². The van der Waals surface area contributed by atoms with E-state index in [1.165, 1.54) is 11.3 Å². The Hall–Kier alpha value is 0.0700. The topological polar surface area (TPSA) is 28.7 Å². The summed E-state index contributed by atoms with van der Waals surface area (Å²) in [6.45, 7) is 0. The van der Waals surface area contributed by atoms with Gasteiger partial charge in [-0.2, -0.15) is 5.10 Å². The van der Waals surface area contributed by atoms with Gasteiger partial charge in [-0.3, -0.25) is 5.10 Å². The molecule has 0 aromatic carbocycles. The second-order valence-corrected chi connectivity index (χ2v) is 2.27. The minimum absolute atomic E-state index is 0. The first-order valence-electron chi connectivity index (χ1n) is 1.38. The molecule has 1 heterocycles. The molecule has 2 nitrogen and oxygen atoms in total. The van der Waals surface area contributed by atoms with E-state index in [9.17, 15) is 0 Å². The van der Waals surface area contributed by atoms with Crippen LogP contribution in [0.1, 0.15) is 0 Å². The monoisotopic (exact) mass is 154 g/mol. The summed E-state index contributed by atoms with van der Waals surface area (Å²) >= 11 is 6.07. The van der Waals surface area contributed by atoms with Crippen LogP contribution in [0.4, 0.5) is 0 Å². The number of H-pyrrole nitrogens is 1. The Kier molecular flexibility index (Phi) is 3.15. The van der Waals surface area contributed by atoms with Crippen LogP contribution in [0.3, 0.4) is 0 Å². The molecular formula is C2H3ClN2S2. The first-order valence-corrected chi connectivity index (χ1v) is 2.66. The number of hydrogen-bond donors (Lipinski definition) is 1. The molecule has 0 aliphatic carbocycles. The highest BCUT2D eigenvalue weighted by atomic mass is 35.5. The number of nitrogens with zero attached hydrogens (tertiary/aromatic N) is 1. The van der Waals surface area contributed by atoms with E-state index in [0.29, 0.717) is 0 Å². The van der Waals surface area contributed by atoms with E-state index in [0.717, 1.165) is 3.95 Å². The molecule has 1 aromatic heterocycles. The van der Waals surface area contributed by atoms with Crippen molar-refractivity contribution in [2.24, 2.45) is 0 Å². The summed E-state index contributed by atoms with van der Waals surface area (Å²) in [4.78, 5) is 0. The number of halogens is 1. The molecule has 0 bridgehead atoms. The van der Waals surface area contributed by atoms with Gasteiger partial charge in [0.2, 0.25) is 0 Å². The fourth-order valence-electron chi connectivity index (χ4n) is 0.180. The molecule has 0 saturated heterocycles. The lowest BCUT2D eigenvalue weighted by Crippen LogP contribution is -1.57. The average Bonchev–Trinajstić information content (AvgIpc) is 1.86. The molecule has 40 valence electrons. The molecule has 1 rings (SSSR count). The van der Waals surface area contributed by atoms with Gasteiger partial charge in [0.05, 0.1) is 0 Å². The molecule has 0 amide bonds. The van der Waals surface area contributed by atoms with Gasteiger partial charge in [0.1, 0.15) is 5.51 Å². The SMILES string of the molecule is Cl.S=c1[nH]ncs1.